The number of pyridine rings is 1. The molecule has 0 radical (unpaired) electrons. The average molecular weight is 364 g/mol. The number of rotatable bonds is 5. The van der Waals surface area contributed by atoms with E-state index in [0.717, 1.165) is 21.5 Å². The van der Waals surface area contributed by atoms with E-state index in [2.05, 4.69) is 26.1 Å². The van der Waals surface area contributed by atoms with Crippen molar-refractivity contribution in [2.45, 2.75) is 20.0 Å². The van der Waals surface area contributed by atoms with Crippen molar-refractivity contribution in [1.82, 2.24) is 24.7 Å². The third kappa shape index (κ3) is 3.45. The first-order valence-corrected chi connectivity index (χ1v) is 8.90. The van der Waals surface area contributed by atoms with E-state index in [1.54, 1.807) is 11.1 Å². The van der Waals surface area contributed by atoms with Gasteiger partial charge in [0.15, 0.2) is 5.13 Å². The summed E-state index contributed by atoms with van der Waals surface area (Å²) in [5.74, 6) is -0.114. The normalized spacial score (nSPS) is 11.0. The maximum absolute atomic E-state index is 12.9. The molecule has 0 atom stereocenters. The molecule has 26 heavy (non-hydrogen) atoms. The molecule has 0 N–H and O–H groups in total. The fourth-order valence-corrected chi connectivity index (χ4v) is 3.67. The predicted molar refractivity (Wildman–Crippen MR) is 99.8 cm³/mol. The number of carbonyl (C=O) groups is 1. The lowest BCUT2D eigenvalue weighted by Gasteiger charge is -2.19. The quantitative estimate of drug-likeness (QED) is 0.544. The summed E-state index contributed by atoms with van der Waals surface area (Å²) in [5, 5.41) is 4.67. The lowest BCUT2D eigenvalue weighted by molar-refractivity contribution is -0.119. The Morgan fingerprint density at radius 1 is 1.27 bits per heavy atom. The molecule has 0 fully saturated rings. The first kappa shape index (κ1) is 16.3. The zero-order valence-electron chi connectivity index (χ0n) is 14.1. The number of nitrogens with zero attached hydrogens (tertiary/aromatic N) is 6. The Hall–Kier alpha value is -3.13. The Morgan fingerprint density at radius 3 is 2.96 bits per heavy atom. The van der Waals surface area contributed by atoms with Crippen LogP contribution in [0.2, 0.25) is 0 Å². The predicted octanol–water partition coefficient (Wildman–Crippen LogP) is 2.82. The summed E-state index contributed by atoms with van der Waals surface area (Å²) in [7, 11) is 0. The van der Waals surface area contributed by atoms with E-state index in [1.165, 1.54) is 28.7 Å². The highest BCUT2D eigenvalue weighted by atomic mass is 32.1. The van der Waals surface area contributed by atoms with Crippen LogP contribution in [0.1, 0.15) is 11.3 Å². The molecule has 7 nitrogen and oxygen atoms in total. The second kappa shape index (κ2) is 7.01. The molecule has 3 heterocycles. The summed E-state index contributed by atoms with van der Waals surface area (Å²) < 4.78 is 2.56. The molecular weight excluding hydrogens is 348 g/mol. The summed E-state index contributed by atoms with van der Waals surface area (Å²) in [5.41, 5.74) is 2.85. The number of aromatic nitrogens is 5. The molecule has 1 amide bonds. The van der Waals surface area contributed by atoms with Crippen LogP contribution < -0.4 is 4.90 Å². The Labute approximate surface area is 154 Å². The first-order valence-electron chi connectivity index (χ1n) is 8.09. The molecule has 0 saturated heterocycles. The van der Waals surface area contributed by atoms with Gasteiger partial charge in [-0.3, -0.25) is 14.7 Å². The molecule has 4 aromatic rings. The highest BCUT2D eigenvalue weighted by Crippen LogP contribution is 2.30. The second-order valence-corrected chi connectivity index (χ2v) is 6.87. The SMILES string of the molecule is Cc1ccc2nc(N(Cc3ccccn3)C(=O)Cn3cncn3)sc2c1. The van der Waals surface area contributed by atoms with E-state index in [-0.39, 0.29) is 12.5 Å². The van der Waals surface area contributed by atoms with Crippen molar-refractivity contribution < 1.29 is 4.79 Å². The lowest BCUT2D eigenvalue weighted by atomic mass is 10.2. The van der Waals surface area contributed by atoms with Gasteiger partial charge in [0.25, 0.3) is 5.91 Å². The van der Waals surface area contributed by atoms with Crippen molar-refractivity contribution in [1.29, 1.82) is 0 Å². The van der Waals surface area contributed by atoms with Crippen molar-refractivity contribution in [3.63, 3.8) is 0 Å². The van der Waals surface area contributed by atoms with Crippen molar-refractivity contribution in [2.24, 2.45) is 0 Å². The molecule has 3 aromatic heterocycles. The van der Waals surface area contributed by atoms with Crippen molar-refractivity contribution >= 4 is 32.6 Å². The van der Waals surface area contributed by atoms with Crippen LogP contribution in [0, 0.1) is 6.92 Å². The molecule has 1 aromatic carbocycles. The first-order chi connectivity index (χ1) is 12.7. The zero-order chi connectivity index (χ0) is 17.9. The van der Waals surface area contributed by atoms with Gasteiger partial charge in [0.2, 0.25) is 0 Å². The molecule has 0 unspecified atom stereocenters. The number of aryl methyl sites for hydroxylation is 1. The Kier molecular flexibility index (Phi) is 4.40. The van der Waals surface area contributed by atoms with E-state index < -0.39 is 0 Å². The smallest absolute Gasteiger partial charge is 0.250 e. The molecule has 4 rings (SSSR count). The standard InChI is InChI=1S/C18H16N6OS/c1-13-5-6-15-16(8-13)26-18(22-15)24(9-14-4-2-3-7-20-14)17(25)10-23-12-19-11-21-23/h2-8,11-12H,9-10H2,1H3. The number of benzene rings is 1. The number of hydrogen-bond donors (Lipinski definition) is 0. The monoisotopic (exact) mass is 364 g/mol. The van der Waals surface area contributed by atoms with Crippen LogP contribution >= 0.6 is 11.3 Å². The molecule has 0 aliphatic rings. The number of anilines is 1. The average Bonchev–Trinajstić information content (AvgIpc) is 3.29. The van der Waals surface area contributed by atoms with Crippen molar-refractivity contribution in [3.8, 4) is 0 Å². The number of amides is 1. The largest absolute Gasteiger partial charge is 0.280 e. The van der Waals surface area contributed by atoms with Gasteiger partial charge in [-0.05, 0) is 36.8 Å². The minimum absolute atomic E-state index is 0.0990. The molecular formula is C18H16N6OS. The maximum Gasteiger partial charge on any atom is 0.250 e. The number of fused-ring (bicyclic) bond motifs is 1. The third-order valence-electron chi connectivity index (χ3n) is 3.87. The van der Waals surface area contributed by atoms with Gasteiger partial charge in [-0.25, -0.2) is 14.6 Å². The Morgan fingerprint density at radius 2 is 2.19 bits per heavy atom. The van der Waals surface area contributed by atoms with Gasteiger partial charge < -0.3 is 0 Å². The van der Waals surface area contributed by atoms with Crippen LogP contribution in [-0.4, -0.2) is 30.6 Å². The molecule has 0 saturated carbocycles. The van der Waals surface area contributed by atoms with E-state index in [1.807, 2.05) is 37.3 Å². The van der Waals surface area contributed by atoms with Crippen LogP contribution in [-0.2, 0) is 17.9 Å². The molecule has 0 spiro atoms. The minimum atomic E-state index is -0.114. The summed E-state index contributed by atoms with van der Waals surface area (Å²) in [4.78, 5) is 27.5. The topological polar surface area (TPSA) is 76.8 Å². The van der Waals surface area contributed by atoms with E-state index in [0.29, 0.717) is 11.7 Å². The van der Waals surface area contributed by atoms with Gasteiger partial charge >= 0.3 is 0 Å². The molecule has 8 heteroatoms. The molecule has 130 valence electrons. The van der Waals surface area contributed by atoms with Crippen molar-refractivity contribution in [2.75, 3.05) is 4.90 Å². The van der Waals surface area contributed by atoms with Crippen molar-refractivity contribution in [3.05, 3.63) is 66.5 Å². The highest BCUT2D eigenvalue weighted by molar-refractivity contribution is 7.22. The fraction of sp³-hybridized carbons (Fsp3) is 0.167. The number of thiazole rings is 1. The number of carbonyl (C=O) groups excluding carboxylic acids is 1. The minimum Gasteiger partial charge on any atom is -0.280 e. The Balaban J connectivity index is 1.69. The molecule has 0 bridgehead atoms. The van der Waals surface area contributed by atoms with Gasteiger partial charge in [0, 0.05) is 6.20 Å². The van der Waals surface area contributed by atoms with E-state index >= 15 is 0 Å². The van der Waals surface area contributed by atoms with E-state index in [4.69, 9.17) is 0 Å². The van der Waals surface area contributed by atoms with Gasteiger partial charge in [-0.2, -0.15) is 5.10 Å². The van der Waals surface area contributed by atoms with Gasteiger partial charge in [0.05, 0.1) is 22.5 Å². The summed E-state index contributed by atoms with van der Waals surface area (Å²) >= 11 is 1.50. The molecule has 0 aliphatic carbocycles. The fourth-order valence-electron chi connectivity index (χ4n) is 2.59. The van der Waals surface area contributed by atoms with Crippen LogP contribution in [0.5, 0.6) is 0 Å². The highest BCUT2D eigenvalue weighted by Gasteiger charge is 2.21. The van der Waals surface area contributed by atoms with E-state index in [9.17, 15) is 4.79 Å². The van der Waals surface area contributed by atoms with Crippen LogP contribution in [0.15, 0.2) is 55.2 Å². The third-order valence-corrected chi connectivity index (χ3v) is 4.92. The maximum atomic E-state index is 12.9. The van der Waals surface area contributed by atoms with Gasteiger partial charge in [-0.15, -0.1) is 0 Å². The summed E-state index contributed by atoms with van der Waals surface area (Å²) in [6.45, 7) is 2.50. The summed E-state index contributed by atoms with van der Waals surface area (Å²) in [6, 6.07) is 11.7. The number of hydrogen-bond acceptors (Lipinski definition) is 6. The molecule has 0 aliphatic heterocycles. The van der Waals surface area contributed by atoms with Crippen LogP contribution in [0.3, 0.4) is 0 Å². The second-order valence-electron chi connectivity index (χ2n) is 5.86. The Bertz CT molecular complexity index is 1030. The zero-order valence-corrected chi connectivity index (χ0v) is 14.9. The van der Waals surface area contributed by atoms with Gasteiger partial charge in [-0.1, -0.05) is 23.5 Å². The summed E-state index contributed by atoms with van der Waals surface area (Å²) in [6.07, 6.45) is 4.66. The lowest BCUT2D eigenvalue weighted by Crippen LogP contribution is -2.33. The van der Waals surface area contributed by atoms with Crippen LogP contribution in [0.25, 0.3) is 10.2 Å². The van der Waals surface area contributed by atoms with Crippen LogP contribution in [0.4, 0.5) is 5.13 Å². The van der Waals surface area contributed by atoms with Gasteiger partial charge in [0.1, 0.15) is 19.2 Å².